The Morgan fingerprint density at radius 2 is 1.82 bits per heavy atom. The van der Waals surface area contributed by atoms with Crippen LogP contribution in [-0.2, 0) is 10.9 Å². The Morgan fingerprint density at radius 1 is 1.14 bits per heavy atom. The van der Waals surface area contributed by atoms with E-state index in [0.717, 1.165) is 12.3 Å². The summed E-state index contributed by atoms with van der Waals surface area (Å²) in [5, 5.41) is -1.09. The molecule has 2 heterocycles. The fourth-order valence-corrected chi connectivity index (χ4v) is 2.88. The number of benzene rings is 1. The van der Waals surface area contributed by atoms with Gasteiger partial charge in [0.25, 0.3) is 5.78 Å². The number of aromatic nitrogens is 2. The van der Waals surface area contributed by atoms with E-state index in [0.29, 0.717) is 6.07 Å². The van der Waals surface area contributed by atoms with Crippen LogP contribution >= 0.6 is 0 Å². The monoisotopic (exact) mass is 404 g/mol. The molecule has 0 atom stereocenters. The minimum Gasteiger partial charge on any atom is -0.461 e. The van der Waals surface area contributed by atoms with E-state index < -0.39 is 46.3 Å². The largest absolute Gasteiger partial charge is 0.461 e. The molecular weight excluding hydrogens is 394 g/mol. The number of H-pyrrole nitrogens is 1. The third-order valence-corrected chi connectivity index (χ3v) is 3.93. The third kappa shape index (κ3) is 3.16. The number of aromatic amines is 1. The minimum atomic E-state index is -5.31. The zero-order valence-corrected chi connectivity index (χ0v) is 14.0. The zero-order valence-electron chi connectivity index (χ0n) is 14.0. The summed E-state index contributed by atoms with van der Waals surface area (Å²) in [5.41, 5.74) is -4.14. The summed E-state index contributed by atoms with van der Waals surface area (Å²) >= 11 is 0. The molecule has 0 aliphatic rings. The van der Waals surface area contributed by atoms with E-state index in [1.807, 2.05) is 0 Å². The highest BCUT2D eigenvalue weighted by atomic mass is 19.4. The minimum absolute atomic E-state index is 0.220. The Balaban J connectivity index is 2.48. The van der Waals surface area contributed by atoms with Gasteiger partial charge in [0.1, 0.15) is 5.69 Å². The van der Waals surface area contributed by atoms with E-state index in [1.165, 1.54) is 13.0 Å². The normalized spacial score (nSPS) is 12.5. The molecule has 0 saturated heterocycles. The second-order valence-electron chi connectivity index (χ2n) is 5.67. The molecule has 0 spiro atoms. The second kappa shape index (κ2) is 6.50. The van der Waals surface area contributed by atoms with E-state index in [4.69, 9.17) is 0 Å². The van der Waals surface area contributed by atoms with E-state index in [-0.39, 0.29) is 23.0 Å². The standard InChI is InChI=1S/C17H10F6N2O3/c1-2-28-15(27)13-10(16(18,19)20)9-6-8(14(26)17(21,22)23)7-4-3-5-24-11(7)12(9)25-13/h3-6,25H,2H2,1H3. The Hall–Kier alpha value is -3.11. The van der Waals surface area contributed by atoms with E-state index >= 15 is 0 Å². The number of ketones is 1. The summed E-state index contributed by atoms with van der Waals surface area (Å²) in [5.74, 6) is -3.65. The van der Waals surface area contributed by atoms with Crippen LogP contribution < -0.4 is 0 Å². The quantitative estimate of drug-likeness (QED) is 0.392. The van der Waals surface area contributed by atoms with Crippen LogP contribution in [0, 0.1) is 0 Å². The number of nitrogens with zero attached hydrogens (tertiary/aromatic N) is 1. The van der Waals surface area contributed by atoms with Gasteiger partial charge in [0.05, 0.1) is 23.2 Å². The van der Waals surface area contributed by atoms with E-state index in [1.54, 1.807) is 0 Å². The van der Waals surface area contributed by atoms with Crippen molar-refractivity contribution in [1.82, 2.24) is 9.97 Å². The molecule has 11 heteroatoms. The number of halogens is 6. The molecule has 5 nitrogen and oxygen atoms in total. The molecule has 2 aromatic heterocycles. The number of alkyl halides is 6. The summed E-state index contributed by atoms with van der Waals surface area (Å²) in [7, 11) is 0. The molecule has 0 unspecified atom stereocenters. The van der Waals surface area contributed by atoms with Gasteiger partial charge in [0.2, 0.25) is 0 Å². The van der Waals surface area contributed by atoms with Gasteiger partial charge in [-0.25, -0.2) is 4.79 Å². The molecule has 1 aromatic carbocycles. The van der Waals surface area contributed by atoms with Crippen molar-refractivity contribution < 1.29 is 40.7 Å². The van der Waals surface area contributed by atoms with Crippen molar-refractivity contribution in [2.24, 2.45) is 0 Å². The van der Waals surface area contributed by atoms with Crippen LogP contribution in [0.4, 0.5) is 26.3 Å². The molecule has 0 aliphatic carbocycles. The van der Waals surface area contributed by atoms with E-state index in [2.05, 4.69) is 14.7 Å². The van der Waals surface area contributed by atoms with Crippen molar-refractivity contribution in [3.63, 3.8) is 0 Å². The summed E-state index contributed by atoms with van der Waals surface area (Å²) in [6, 6.07) is 2.83. The number of carbonyl (C=O) groups is 2. The molecule has 0 amide bonds. The number of rotatable bonds is 3. The molecule has 0 bridgehead atoms. The molecule has 3 aromatic rings. The Morgan fingerprint density at radius 3 is 2.39 bits per heavy atom. The maximum Gasteiger partial charge on any atom is 0.454 e. The first-order valence-corrected chi connectivity index (χ1v) is 7.76. The number of Topliss-reactive ketones (excluding diaryl/α,β-unsaturated/α-hetero) is 1. The van der Waals surface area contributed by atoms with Crippen LogP contribution in [0.2, 0.25) is 0 Å². The lowest BCUT2D eigenvalue weighted by molar-refractivity contribution is -0.136. The number of pyridine rings is 1. The smallest absolute Gasteiger partial charge is 0.454 e. The Bertz CT molecular complexity index is 1100. The fourth-order valence-electron chi connectivity index (χ4n) is 2.88. The number of esters is 1. The van der Waals surface area contributed by atoms with Crippen molar-refractivity contribution in [3.8, 4) is 0 Å². The third-order valence-electron chi connectivity index (χ3n) is 3.93. The number of carbonyl (C=O) groups excluding carboxylic acids is 2. The van der Waals surface area contributed by atoms with Gasteiger partial charge < -0.3 is 9.72 Å². The molecule has 3 rings (SSSR count). The second-order valence-corrected chi connectivity index (χ2v) is 5.67. The maximum atomic E-state index is 13.6. The van der Waals surface area contributed by atoms with Crippen molar-refractivity contribution >= 4 is 33.6 Å². The molecule has 0 saturated carbocycles. The van der Waals surface area contributed by atoms with Crippen LogP contribution in [0.3, 0.4) is 0 Å². The highest BCUT2D eigenvalue weighted by Gasteiger charge is 2.43. The number of hydrogen-bond donors (Lipinski definition) is 1. The average molecular weight is 404 g/mol. The first-order chi connectivity index (χ1) is 13.0. The number of nitrogens with one attached hydrogen (secondary N) is 1. The molecular formula is C17H10F6N2O3. The van der Waals surface area contributed by atoms with Gasteiger partial charge >= 0.3 is 18.3 Å². The van der Waals surface area contributed by atoms with Crippen molar-refractivity contribution in [2.75, 3.05) is 6.61 Å². The van der Waals surface area contributed by atoms with Gasteiger partial charge in [-0.2, -0.15) is 26.3 Å². The van der Waals surface area contributed by atoms with Crippen LogP contribution in [0.25, 0.3) is 21.8 Å². The maximum absolute atomic E-state index is 13.6. The molecule has 28 heavy (non-hydrogen) atoms. The predicted molar refractivity (Wildman–Crippen MR) is 84.9 cm³/mol. The molecule has 148 valence electrons. The molecule has 1 N–H and O–H groups in total. The fraction of sp³-hybridized carbons (Fsp3) is 0.235. The summed E-state index contributed by atoms with van der Waals surface area (Å²) in [4.78, 5) is 29.8. The average Bonchev–Trinajstić information content (AvgIpc) is 3.00. The molecule has 0 aliphatic heterocycles. The van der Waals surface area contributed by atoms with Crippen LogP contribution in [0.15, 0.2) is 24.4 Å². The lowest BCUT2D eigenvalue weighted by atomic mass is 9.99. The summed E-state index contributed by atoms with van der Waals surface area (Å²) in [6.45, 7) is 1.16. The van der Waals surface area contributed by atoms with E-state index in [9.17, 15) is 35.9 Å². The van der Waals surface area contributed by atoms with Crippen LogP contribution in [0.1, 0.15) is 33.3 Å². The highest BCUT2D eigenvalue weighted by molar-refractivity contribution is 6.18. The van der Waals surface area contributed by atoms with Crippen molar-refractivity contribution in [3.05, 3.63) is 41.2 Å². The predicted octanol–water partition coefficient (Wildman–Crippen LogP) is 4.66. The van der Waals surface area contributed by atoms with Gasteiger partial charge in [-0.1, -0.05) is 6.07 Å². The SMILES string of the molecule is CCOC(=O)c1[nH]c2c(cc(C(=O)C(F)(F)F)c3cccnc32)c1C(F)(F)F. The molecule has 0 fully saturated rings. The van der Waals surface area contributed by atoms with Gasteiger partial charge in [0, 0.05) is 22.5 Å². The summed E-state index contributed by atoms with van der Waals surface area (Å²) in [6.07, 6.45) is -9.28. The van der Waals surface area contributed by atoms with Gasteiger partial charge in [-0.05, 0) is 19.1 Å². The van der Waals surface area contributed by atoms with Crippen LogP contribution in [0.5, 0.6) is 0 Å². The van der Waals surface area contributed by atoms with Crippen molar-refractivity contribution in [1.29, 1.82) is 0 Å². The number of hydrogen-bond acceptors (Lipinski definition) is 4. The summed E-state index contributed by atoms with van der Waals surface area (Å²) < 4.78 is 84.3. The Kier molecular flexibility index (Phi) is 4.56. The van der Waals surface area contributed by atoms with Gasteiger partial charge in [-0.15, -0.1) is 0 Å². The van der Waals surface area contributed by atoms with Gasteiger partial charge in [0.15, 0.2) is 0 Å². The topological polar surface area (TPSA) is 72.1 Å². The number of fused-ring (bicyclic) bond motifs is 3. The van der Waals surface area contributed by atoms with Crippen molar-refractivity contribution in [2.45, 2.75) is 19.3 Å². The molecule has 0 radical (unpaired) electrons. The highest BCUT2D eigenvalue weighted by Crippen LogP contribution is 2.41. The first kappa shape index (κ1) is 19.6. The first-order valence-electron chi connectivity index (χ1n) is 7.76. The van der Waals surface area contributed by atoms with Gasteiger partial charge in [-0.3, -0.25) is 9.78 Å². The Labute approximate surface area is 152 Å². The lowest BCUT2D eigenvalue weighted by Gasteiger charge is -2.11. The van der Waals surface area contributed by atoms with Crippen LogP contribution in [-0.4, -0.2) is 34.5 Å². The zero-order chi connectivity index (χ0) is 20.9. The number of ether oxygens (including phenoxy) is 1. The lowest BCUT2D eigenvalue weighted by Crippen LogP contribution is -2.23.